The van der Waals surface area contributed by atoms with Crippen LogP contribution in [0.5, 0.6) is 0 Å². The summed E-state index contributed by atoms with van der Waals surface area (Å²) in [5.74, 6) is -0.667. The van der Waals surface area contributed by atoms with Crippen LogP contribution in [0.15, 0.2) is 0 Å². The van der Waals surface area contributed by atoms with Gasteiger partial charge in [0, 0.05) is 23.3 Å². The quantitative estimate of drug-likeness (QED) is 0.571. The van der Waals surface area contributed by atoms with Gasteiger partial charge in [-0.25, -0.2) is 9.59 Å². The summed E-state index contributed by atoms with van der Waals surface area (Å²) in [6, 6.07) is -0.795. The maximum Gasteiger partial charge on any atom is 0.354 e. The first-order valence-corrected chi connectivity index (χ1v) is 10.1. The number of hydrogen-bond donors (Lipinski definition) is 2. The van der Waals surface area contributed by atoms with Crippen LogP contribution in [0, 0.1) is 13.8 Å². The summed E-state index contributed by atoms with van der Waals surface area (Å²) in [6.07, 6.45) is 5.09. The number of Topliss-reactive ketones (excluding diaryl/α,β-unsaturated/α-hetero) is 1. The van der Waals surface area contributed by atoms with Crippen LogP contribution < -0.4 is 5.32 Å². The molecule has 156 valence electrons. The second-order valence-electron chi connectivity index (χ2n) is 7.96. The minimum atomic E-state index is -0.624. The van der Waals surface area contributed by atoms with E-state index in [-0.39, 0.29) is 29.6 Å². The minimum absolute atomic E-state index is 0.0115. The van der Waals surface area contributed by atoms with Gasteiger partial charge in [0.2, 0.25) is 0 Å². The van der Waals surface area contributed by atoms with Crippen molar-refractivity contribution < 1.29 is 19.1 Å². The van der Waals surface area contributed by atoms with Crippen LogP contribution in [0.2, 0.25) is 0 Å². The molecular formula is C21H33N3O4. The number of ether oxygens (including phenoxy) is 1. The predicted octanol–water partition coefficient (Wildman–Crippen LogP) is 3.74. The number of carbonyl (C=O) groups is 3. The van der Waals surface area contributed by atoms with Crippen molar-refractivity contribution in [1.82, 2.24) is 15.2 Å². The molecule has 1 aliphatic rings. The Morgan fingerprint density at radius 2 is 1.71 bits per heavy atom. The Kier molecular flexibility index (Phi) is 7.27. The molecule has 0 saturated heterocycles. The summed E-state index contributed by atoms with van der Waals surface area (Å²) in [5, 5.41) is 2.94. The van der Waals surface area contributed by atoms with Crippen molar-refractivity contribution in [2.45, 2.75) is 84.8 Å². The second kappa shape index (κ2) is 9.26. The van der Waals surface area contributed by atoms with Crippen molar-refractivity contribution in [3.05, 3.63) is 22.5 Å². The van der Waals surface area contributed by atoms with Crippen LogP contribution in [0.3, 0.4) is 0 Å². The third kappa shape index (κ3) is 4.56. The predicted molar refractivity (Wildman–Crippen MR) is 108 cm³/mol. The Labute approximate surface area is 167 Å². The number of methoxy groups -OCH3 is 1. The molecule has 0 bridgehead atoms. The van der Waals surface area contributed by atoms with Crippen LogP contribution in [0.1, 0.15) is 85.0 Å². The first kappa shape index (κ1) is 22.0. The van der Waals surface area contributed by atoms with E-state index in [1.807, 2.05) is 13.8 Å². The zero-order valence-corrected chi connectivity index (χ0v) is 17.8. The smallest absolute Gasteiger partial charge is 0.354 e. The van der Waals surface area contributed by atoms with E-state index in [4.69, 9.17) is 4.74 Å². The number of carbonyl (C=O) groups excluding carboxylic acids is 3. The molecule has 0 unspecified atom stereocenters. The number of H-pyrrole nitrogens is 1. The topological polar surface area (TPSA) is 91.5 Å². The van der Waals surface area contributed by atoms with Gasteiger partial charge in [-0.05, 0) is 53.0 Å². The molecule has 1 fully saturated rings. The molecule has 7 heteroatoms. The lowest BCUT2D eigenvalue weighted by Gasteiger charge is -2.38. The van der Waals surface area contributed by atoms with Crippen molar-refractivity contribution in [3.8, 4) is 0 Å². The number of ketones is 1. The number of urea groups is 1. The average molecular weight is 392 g/mol. The molecule has 28 heavy (non-hydrogen) atoms. The molecule has 2 amide bonds. The normalized spacial score (nSPS) is 16.0. The number of esters is 1. The highest BCUT2D eigenvalue weighted by Gasteiger charge is 2.35. The Hall–Kier alpha value is -2.31. The SMILES string of the molecule is COC(=O)c1[nH]c(C)c(C(=O)[C@@H](C)N(C(=O)NC(C)C)C2CCCCC2)c1C. The molecule has 1 aromatic rings. The van der Waals surface area contributed by atoms with E-state index in [0.717, 1.165) is 32.1 Å². The Morgan fingerprint density at radius 1 is 1.11 bits per heavy atom. The van der Waals surface area contributed by atoms with Gasteiger partial charge in [-0.15, -0.1) is 0 Å². The van der Waals surface area contributed by atoms with E-state index in [0.29, 0.717) is 16.8 Å². The number of aromatic nitrogens is 1. The van der Waals surface area contributed by atoms with Gasteiger partial charge in [0.05, 0.1) is 13.2 Å². The molecule has 1 saturated carbocycles. The average Bonchev–Trinajstić information content (AvgIpc) is 2.95. The summed E-state index contributed by atoms with van der Waals surface area (Å²) in [5.41, 5.74) is 1.93. The lowest BCUT2D eigenvalue weighted by Crippen LogP contribution is -2.55. The zero-order valence-electron chi connectivity index (χ0n) is 17.8. The van der Waals surface area contributed by atoms with Gasteiger partial charge < -0.3 is 19.9 Å². The molecule has 1 aromatic heterocycles. The second-order valence-corrected chi connectivity index (χ2v) is 7.96. The number of rotatable bonds is 6. The van der Waals surface area contributed by atoms with Gasteiger partial charge in [-0.2, -0.15) is 0 Å². The molecule has 7 nitrogen and oxygen atoms in total. The standard InChI is InChI=1S/C21H33N3O4/c1-12(2)22-21(27)24(16-10-8-7-9-11-16)15(5)19(25)17-13(3)18(20(26)28-6)23-14(17)4/h12,15-16,23H,7-11H2,1-6H3,(H,22,27)/t15-/m1/s1. The van der Waals surface area contributed by atoms with Crippen molar-refractivity contribution >= 4 is 17.8 Å². The van der Waals surface area contributed by atoms with Crippen LogP contribution in [0.4, 0.5) is 4.79 Å². The van der Waals surface area contributed by atoms with Gasteiger partial charge in [0.15, 0.2) is 5.78 Å². The molecule has 2 rings (SSSR count). The monoisotopic (exact) mass is 391 g/mol. The first-order valence-electron chi connectivity index (χ1n) is 10.1. The largest absolute Gasteiger partial charge is 0.464 e. The third-order valence-electron chi connectivity index (χ3n) is 5.48. The molecule has 0 radical (unpaired) electrons. The van der Waals surface area contributed by atoms with Crippen molar-refractivity contribution in [2.75, 3.05) is 7.11 Å². The number of hydrogen-bond acceptors (Lipinski definition) is 4. The number of nitrogens with one attached hydrogen (secondary N) is 2. The maximum atomic E-state index is 13.4. The molecule has 1 atom stereocenters. The fraction of sp³-hybridized carbons (Fsp3) is 0.667. The fourth-order valence-corrected chi connectivity index (χ4v) is 4.10. The van der Waals surface area contributed by atoms with E-state index in [9.17, 15) is 14.4 Å². The van der Waals surface area contributed by atoms with E-state index in [1.54, 1.807) is 25.7 Å². The van der Waals surface area contributed by atoms with Crippen molar-refractivity contribution in [3.63, 3.8) is 0 Å². The molecule has 0 aliphatic heterocycles. The molecule has 2 N–H and O–H groups in total. The van der Waals surface area contributed by atoms with E-state index < -0.39 is 12.0 Å². The summed E-state index contributed by atoms with van der Waals surface area (Å²) in [6.45, 7) is 9.09. The highest BCUT2D eigenvalue weighted by Crippen LogP contribution is 2.27. The van der Waals surface area contributed by atoms with E-state index in [2.05, 4.69) is 10.3 Å². The van der Waals surface area contributed by atoms with Crippen LogP contribution in [-0.2, 0) is 4.74 Å². The van der Waals surface area contributed by atoms with Crippen LogP contribution in [-0.4, -0.2) is 52.9 Å². The Morgan fingerprint density at radius 3 is 2.25 bits per heavy atom. The van der Waals surface area contributed by atoms with E-state index >= 15 is 0 Å². The lowest BCUT2D eigenvalue weighted by molar-refractivity contribution is 0.0593. The Bertz CT molecular complexity index is 732. The number of aromatic amines is 1. The first-order chi connectivity index (χ1) is 13.2. The highest BCUT2D eigenvalue weighted by atomic mass is 16.5. The summed E-state index contributed by atoms with van der Waals surface area (Å²) >= 11 is 0. The van der Waals surface area contributed by atoms with Gasteiger partial charge in [0.25, 0.3) is 0 Å². The fourth-order valence-electron chi connectivity index (χ4n) is 4.10. The van der Waals surface area contributed by atoms with Crippen LogP contribution >= 0.6 is 0 Å². The third-order valence-corrected chi connectivity index (χ3v) is 5.48. The maximum absolute atomic E-state index is 13.4. The summed E-state index contributed by atoms with van der Waals surface area (Å²) in [4.78, 5) is 43.0. The number of nitrogens with zero attached hydrogens (tertiary/aromatic N) is 1. The molecule has 0 aromatic carbocycles. The zero-order chi connectivity index (χ0) is 21.0. The van der Waals surface area contributed by atoms with Crippen LogP contribution in [0.25, 0.3) is 0 Å². The van der Waals surface area contributed by atoms with Crippen molar-refractivity contribution in [1.29, 1.82) is 0 Å². The van der Waals surface area contributed by atoms with Gasteiger partial charge >= 0.3 is 12.0 Å². The Balaban J connectivity index is 2.36. The van der Waals surface area contributed by atoms with Crippen molar-refractivity contribution in [2.24, 2.45) is 0 Å². The van der Waals surface area contributed by atoms with Gasteiger partial charge in [0.1, 0.15) is 5.69 Å². The molecular weight excluding hydrogens is 358 g/mol. The van der Waals surface area contributed by atoms with Gasteiger partial charge in [-0.1, -0.05) is 19.3 Å². The van der Waals surface area contributed by atoms with Gasteiger partial charge in [-0.3, -0.25) is 4.79 Å². The minimum Gasteiger partial charge on any atom is -0.464 e. The number of amides is 2. The molecule has 1 heterocycles. The van der Waals surface area contributed by atoms with E-state index in [1.165, 1.54) is 7.11 Å². The summed E-state index contributed by atoms with van der Waals surface area (Å²) in [7, 11) is 1.31. The highest BCUT2D eigenvalue weighted by molar-refractivity contribution is 6.06. The number of aryl methyl sites for hydroxylation is 1. The molecule has 1 aliphatic carbocycles. The summed E-state index contributed by atoms with van der Waals surface area (Å²) < 4.78 is 4.79. The lowest BCUT2D eigenvalue weighted by atomic mass is 9.91. The molecule has 0 spiro atoms.